The van der Waals surface area contributed by atoms with E-state index in [1.54, 1.807) is 23.2 Å². The lowest BCUT2D eigenvalue weighted by molar-refractivity contribution is 0.0882. The Kier molecular flexibility index (Phi) is 6.76. The second kappa shape index (κ2) is 9.39. The van der Waals surface area contributed by atoms with Crippen LogP contribution in [0, 0.1) is 5.82 Å². The fraction of sp³-hybridized carbons (Fsp3) is 0.261. The van der Waals surface area contributed by atoms with Crippen LogP contribution in [-0.4, -0.2) is 34.2 Å². The molecule has 0 unspecified atom stereocenters. The first-order valence-corrected chi connectivity index (χ1v) is 15.1. The summed E-state index contributed by atoms with van der Waals surface area (Å²) in [5.41, 5.74) is 3.59. The number of fused-ring (bicyclic) bond motifs is 1. The molecule has 32 heavy (non-hydrogen) atoms. The Morgan fingerprint density at radius 1 is 1.09 bits per heavy atom. The molecule has 5 nitrogen and oxygen atoms in total. The van der Waals surface area contributed by atoms with Crippen molar-refractivity contribution in [1.82, 2.24) is 19.5 Å². The summed E-state index contributed by atoms with van der Waals surface area (Å²) >= 11 is 9.64. The third-order valence-electron chi connectivity index (χ3n) is 4.99. The zero-order chi connectivity index (χ0) is 22.9. The first kappa shape index (κ1) is 23.0. The van der Waals surface area contributed by atoms with Gasteiger partial charge in [-0.15, -0.1) is 0 Å². The largest absolute Gasteiger partial charge is 0.361 e. The first-order valence-electron chi connectivity index (χ1n) is 10.2. The van der Waals surface area contributed by atoms with Gasteiger partial charge in [-0.2, -0.15) is 0 Å². The van der Waals surface area contributed by atoms with Crippen LogP contribution in [0.25, 0.3) is 33.7 Å². The maximum absolute atomic E-state index is 14.9. The molecule has 0 radical (unpaired) electrons. The van der Waals surface area contributed by atoms with E-state index in [1.165, 1.54) is 12.1 Å². The second-order valence-corrected chi connectivity index (χ2v) is 15.7. The third-order valence-corrected chi connectivity index (χ3v) is 7.37. The minimum Gasteiger partial charge on any atom is -0.361 e. The predicted octanol–water partition coefficient (Wildman–Crippen LogP) is 7.03. The van der Waals surface area contributed by atoms with E-state index in [2.05, 4.69) is 45.5 Å². The van der Waals surface area contributed by atoms with Crippen LogP contribution in [0.5, 0.6) is 0 Å². The fourth-order valence-electron chi connectivity index (χ4n) is 3.28. The molecule has 3 heterocycles. The SMILES string of the molecule is C[Si](C)(C)CCOCn1cnc(-c2ccc3ncc(Br)cc3n2)c1-c1cc(Cl)ccc1F. The Hall–Kier alpha value is -2.13. The molecule has 0 atom stereocenters. The van der Waals surface area contributed by atoms with Crippen LogP contribution >= 0.6 is 27.5 Å². The molecule has 0 spiro atoms. The molecule has 4 rings (SSSR count). The minimum absolute atomic E-state index is 0.263. The van der Waals surface area contributed by atoms with Crippen molar-refractivity contribution in [1.29, 1.82) is 0 Å². The number of nitrogens with zero attached hydrogens (tertiary/aromatic N) is 4. The number of rotatable bonds is 7. The molecule has 0 saturated heterocycles. The van der Waals surface area contributed by atoms with E-state index in [1.807, 2.05) is 18.2 Å². The lowest BCUT2D eigenvalue weighted by Crippen LogP contribution is -2.22. The van der Waals surface area contributed by atoms with Crippen molar-refractivity contribution in [3.8, 4) is 22.6 Å². The summed E-state index contributed by atoms with van der Waals surface area (Å²) in [6, 6.07) is 11.2. The van der Waals surface area contributed by atoms with Crippen molar-refractivity contribution >= 4 is 46.6 Å². The summed E-state index contributed by atoms with van der Waals surface area (Å²) in [4.78, 5) is 13.7. The number of hydrogen-bond acceptors (Lipinski definition) is 4. The van der Waals surface area contributed by atoms with Crippen LogP contribution in [-0.2, 0) is 11.5 Å². The van der Waals surface area contributed by atoms with Gasteiger partial charge < -0.3 is 9.30 Å². The molecule has 166 valence electrons. The molecule has 4 aromatic rings. The number of aromatic nitrogens is 4. The van der Waals surface area contributed by atoms with Gasteiger partial charge in [0.1, 0.15) is 18.2 Å². The van der Waals surface area contributed by atoms with Crippen molar-refractivity contribution in [2.24, 2.45) is 0 Å². The topological polar surface area (TPSA) is 52.8 Å². The van der Waals surface area contributed by atoms with Crippen molar-refractivity contribution in [2.45, 2.75) is 32.4 Å². The van der Waals surface area contributed by atoms with Crippen LogP contribution < -0.4 is 0 Å². The van der Waals surface area contributed by atoms with Crippen molar-refractivity contribution in [2.75, 3.05) is 6.61 Å². The summed E-state index contributed by atoms with van der Waals surface area (Å²) in [5, 5.41) is 0.444. The molecule has 9 heteroatoms. The molecular formula is C23H23BrClFN4OSi. The second-order valence-electron chi connectivity index (χ2n) is 8.77. The maximum atomic E-state index is 14.9. The van der Waals surface area contributed by atoms with Crippen LogP contribution in [0.2, 0.25) is 30.7 Å². The van der Waals surface area contributed by atoms with Gasteiger partial charge in [0.15, 0.2) is 0 Å². The molecule has 0 bridgehead atoms. The van der Waals surface area contributed by atoms with Crippen LogP contribution in [0.15, 0.2) is 53.4 Å². The average Bonchev–Trinajstić information content (AvgIpc) is 3.15. The average molecular weight is 534 g/mol. The summed E-state index contributed by atoms with van der Waals surface area (Å²) in [6.07, 6.45) is 3.38. The molecule has 0 aliphatic heterocycles. The number of benzene rings is 1. The number of hydrogen-bond donors (Lipinski definition) is 0. The summed E-state index contributed by atoms with van der Waals surface area (Å²) in [5.74, 6) is -0.385. The van der Waals surface area contributed by atoms with Crippen LogP contribution in [0.1, 0.15) is 0 Å². The smallest absolute Gasteiger partial charge is 0.132 e. The van der Waals surface area contributed by atoms with Gasteiger partial charge in [-0.3, -0.25) is 4.98 Å². The predicted molar refractivity (Wildman–Crippen MR) is 133 cm³/mol. The summed E-state index contributed by atoms with van der Waals surface area (Å²) in [6.45, 7) is 7.82. The Morgan fingerprint density at radius 2 is 1.91 bits per heavy atom. The molecule has 0 N–H and O–H groups in total. The molecule has 0 amide bonds. The highest BCUT2D eigenvalue weighted by atomic mass is 79.9. The number of ether oxygens (including phenoxy) is 1. The summed E-state index contributed by atoms with van der Waals surface area (Å²) in [7, 11) is -1.21. The van der Waals surface area contributed by atoms with E-state index < -0.39 is 8.07 Å². The van der Waals surface area contributed by atoms with Crippen molar-refractivity contribution < 1.29 is 9.13 Å². The fourth-order valence-corrected chi connectivity index (χ4v) is 4.53. The highest BCUT2D eigenvalue weighted by Gasteiger charge is 2.20. The molecule has 0 fully saturated rings. The van der Waals surface area contributed by atoms with Crippen LogP contribution in [0.3, 0.4) is 0 Å². The summed E-state index contributed by atoms with van der Waals surface area (Å²) < 4.78 is 23.5. The number of pyridine rings is 2. The van der Waals surface area contributed by atoms with E-state index in [4.69, 9.17) is 21.3 Å². The third kappa shape index (κ3) is 5.26. The lowest BCUT2D eigenvalue weighted by atomic mass is 10.1. The van der Waals surface area contributed by atoms with Gasteiger partial charge in [-0.1, -0.05) is 31.2 Å². The molecule has 0 aliphatic rings. The number of imidazole rings is 1. The maximum Gasteiger partial charge on any atom is 0.132 e. The Labute approximate surface area is 200 Å². The molecule has 0 aliphatic carbocycles. The number of halogens is 3. The van der Waals surface area contributed by atoms with Gasteiger partial charge in [0.25, 0.3) is 0 Å². The Bertz CT molecular complexity index is 1270. The highest BCUT2D eigenvalue weighted by molar-refractivity contribution is 9.10. The highest BCUT2D eigenvalue weighted by Crippen LogP contribution is 2.34. The van der Waals surface area contributed by atoms with Gasteiger partial charge in [-0.25, -0.2) is 14.4 Å². The quantitative estimate of drug-likeness (QED) is 0.189. The lowest BCUT2D eigenvalue weighted by Gasteiger charge is -2.16. The van der Waals surface area contributed by atoms with Gasteiger partial charge in [0.2, 0.25) is 0 Å². The van der Waals surface area contributed by atoms with E-state index in [-0.39, 0.29) is 12.5 Å². The standard InChI is InChI=1S/C23H23BrClFN4OSi/c1-32(2,3)9-8-31-14-30-13-28-22(23(30)17-11-16(25)4-5-18(17)26)20-7-6-19-21(29-20)10-15(24)12-27-19/h4-7,10-13H,8-9,14H2,1-3H3. The van der Waals surface area contributed by atoms with Crippen molar-refractivity contribution in [3.63, 3.8) is 0 Å². The van der Waals surface area contributed by atoms with Gasteiger partial charge in [-0.05, 0) is 58.4 Å². The van der Waals surface area contributed by atoms with Gasteiger partial charge in [0, 0.05) is 35.9 Å². The zero-order valence-corrected chi connectivity index (χ0v) is 21.4. The van der Waals surface area contributed by atoms with Gasteiger partial charge in [0.05, 0.1) is 28.7 Å². The van der Waals surface area contributed by atoms with E-state index in [0.29, 0.717) is 34.3 Å². The molecular weight excluding hydrogens is 511 g/mol. The molecule has 0 saturated carbocycles. The van der Waals surface area contributed by atoms with E-state index in [0.717, 1.165) is 21.6 Å². The zero-order valence-electron chi connectivity index (χ0n) is 18.1. The van der Waals surface area contributed by atoms with Gasteiger partial charge >= 0.3 is 0 Å². The molecule has 1 aromatic carbocycles. The normalized spacial score (nSPS) is 11.9. The van der Waals surface area contributed by atoms with E-state index in [9.17, 15) is 4.39 Å². The molecule has 3 aromatic heterocycles. The van der Waals surface area contributed by atoms with Crippen molar-refractivity contribution in [3.05, 3.63) is 64.2 Å². The Morgan fingerprint density at radius 3 is 2.69 bits per heavy atom. The van der Waals surface area contributed by atoms with E-state index >= 15 is 0 Å². The Balaban J connectivity index is 1.77. The first-order chi connectivity index (χ1) is 15.2. The van der Waals surface area contributed by atoms with Crippen LogP contribution in [0.4, 0.5) is 4.39 Å². The monoisotopic (exact) mass is 532 g/mol. The minimum atomic E-state index is -1.21.